The van der Waals surface area contributed by atoms with E-state index in [0.717, 1.165) is 5.75 Å². The highest BCUT2D eigenvalue weighted by molar-refractivity contribution is 8.07. The van der Waals surface area contributed by atoms with Crippen molar-refractivity contribution < 1.29 is 5.11 Å². The van der Waals surface area contributed by atoms with Crippen LogP contribution in [0.4, 0.5) is 0 Å². The van der Waals surface area contributed by atoms with Crippen molar-refractivity contribution in [1.29, 1.82) is 0 Å². The maximum absolute atomic E-state index is 9.54. The predicted octanol–water partition coefficient (Wildman–Crippen LogP) is 2.34. The van der Waals surface area contributed by atoms with E-state index in [2.05, 4.69) is 6.92 Å². The largest absolute Gasteiger partial charge is 0.381 e. The third kappa shape index (κ3) is 3.26. The average molecular weight is 192 g/mol. The molecule has 66 valence electrons. The fourth-order valence-electron chi connectivity index (χ4n) is 1.19. The third-order valence-electron chi connectivity index (χ3n) is 1.86. The molecule has 0 aromatic rings. The molecule has 1 aliphatic rings. The van der Waals surface area contributed by atoms with Gasteiger partial charge < -0.3 is 5.11 Å². The number of rotatable bonds is 3. The van der Waals surface area contributed by atoms with Crippen molar-refractivity contribution in [3.8, 4) is 0 Å². The molecule has 1 nitrogen and oxygen atoms in total. The molecule has 11 heavy (non-hydrogen) atoms. The second-order valence-electron chi connectivity index (χ2n) is 2.81. The topological polar surface area (TPSA) is 20.2 Å². The number of hydrogen-bond donors (Lipinski definition) is 1. The van der Waals surface area contributed by atoms with Crippen LogP contribution >= 0.6 is 23.5 Å². The van der Waals surface area contributed by atoms with Gasteiger partial charge in [0.15, 0.2) is 0 Å². The number of hydrogen-bond acceptors (Lipinski definition) is 3. The molecule has 0 aliphatic carbocycles. The van der Waals surface area contributed by atoms with E-state index in [4.69, 9.17) is 0 Å². The summed E-state index contributed by atoms with van der Waals surface area (Å²) < 4.78 is 0. The molecule has 0 aromatic carbocycles. The van der Waals surface area contributed by atoms with E-state index < -0.39 is 0 Å². The summed E-state index contributed by atoms with van der Waals surface area (Å²) in [6.07, 6.45) is 3.69. The quantitative estimate of drug-likeness (QED) is 0.741. The van der Waals surface area contributed by atoms with Gasteiger partial charge in [0.05, 0.1) is 0 Å². The maximum atomic E-state index is 9.54. The second-order valence-corrected chi connectivity index (χ2v) is 5.38. The van der Waals surface area contributed by atoms with Crippen LogP contribution in [0.3, 0.4) is 0 Å². The standard InChI is InChI=1S/C8H16OS2/c1-2-3-4-7-8(9)11-6-5-10-7/h7-9H,2-6H2,1H3. The average Bonchev–Trinajstić information content (AvgIpc) is 2.03. The van der Waals surface area contributed by atoms with Crippen LogP contribution in [0.25, 0.3) is 0 Å². The summed E-state index contributed by atoms with van der Waals surface area (Å²) in [6, 6.07) is 0. The summed E-state index contributed by atoms with van der Waals surface area (Å²) in [5.74, 6) is 2.34. The molecule has 0 radical (unpaired) electrons. The first-order valence-electron chi connectivity index (χ1n) is 4.26. The van der Waals surface area contributed by atoms with Gasteiger partial charge in [-0.3, -0.25) is 0 Å². The molecular weight excluding hydrogens is 176 g/mol. The van der Waals surface area contributed by atoms with Crippen LogP contribution in [-0.4, -0.2) is 27.3 Å². The number of aliphatic hydroxyl groups is 1. The lowest BCUT2D eigenvalue weighted by molar-refractivity contribution is 0.253. The summed E-state index contributed by atoms with van der Waals surface area (Å²) in [5.41, 5.74) is -0.0969. The molecule has 1 saturated heterocycles. The number of thioether (sulfide) groups is 2. The Kier molecular flexibility index (Phi) is 4.72. The van der Waals surface area contributed by atoms with Gasteiger partial charge in [0.2, 0.25) is 0 Å². The molecule has 1 fully saturated rings. The van der Waals surface area contributed by atoms with Gasteiger partial charge in [-0.15, -0.1) is 11.8 Å². The molecule has 0 saturated carbocycles. The molecule has 1 N–H and O–H groups in total. The molecule has 0 bridgehead atoms. The first-order chi connectivity index (χ1) is 5.34. The predicted molar refractivity (Wildman–Crippen MR) is 54.2 cm³/mol. The van der Waals surface area contributed by atoms with E-state index in [-0.39, 0.29) is 5.44 Å². The van der Waals surface area contributed by atoms with Crippen LogP contribution in [0.2, 0.25) is 0 Å². The lowest BCUT2D eigenvalue weighted by atomic mass is 10.2. The molecule has 1 aliphatic heterocycles. The minimum Gasteiger partial charge on any atom is -0.381 e. The van der Waals surface area contributed by atoms with Crippen molar-refractivity contribution in [3.63, 3.8) is 0 Å². The highest BCUT2D eigenvalue weighted by Gasteiger charge is 2.22. The van der Waals surface area contributed by atoms with Gasteiger partial charge in [-0.05, 0) is 6.42 Å². The summed E-state index contributed by atoms with van der Waals surface area (Å²) in [6.45, 7) is 2.20. The molecule has 0 spiro atoms. The van der Waals surface area contributed by atoms with Crippen molar-refractivity contribution in [2.24, 2.45) is 0 Å². The van der Waals surface area contributed by atoms with E-state index >= 15 is 0 Å². The molecule has 3 heteroatoms. The van der Waals surface area contributed by atoms with E-state index in [1.165, 1.54) is 25.0 Å². The van der Waals surface area contributed by atoms with Gasteiger partial charge in [-0.2, -0.15) is 11.8 Å². The smallest absolute Gasteiger partial charge is 0.111 e. The minimum atomic E-state index is -0.0969. The lowest BCUT2D eigenvalue weighted by Gasteiger charge is -2.26. The van der Waals surface area contributed by atoms with E-state index in [9.17, 15) is 5.11 Å². The molecule has 1 heterocycles. The number of aliphatic hydroxyl groups excluding tert-OH is 1. The Morgan fingerprint density at radius 3 is 2.73 bits per heavy atom. The normalized spacial score (nSPS) is 32.2. The van der Waals surface area contributed by atoms with Crippen LogP contribution in [0.5, 0.6) is 0 Å². The Labute approximate surface area is 77.3 Å². The summed E-state index contributed by atoms with van der Waals surface area (Å²) in [5, 5.41) is 10.0. The zero-order chi connectivity index (χ0) is 8.10. The van der Waals surface area contributed by atoms with Crippen molar-refractivity contribution in [1.82, 2.24) is 0 Å². The third-order valence-corrected chi connectivity index (χ3v) is 4.77. The Bertz CT molecular complexity index is 108. The Morgan fingerprint density at radius 1 is 1.36 bits per heavy atom. The molecule has 2 atom stereocenters. The molecule has 0 aromatic heterocycles. The molecule has 1 rings (SSSR count). The fourth-order valence-corrected chi connectivity index (χ4v) is 3.82. The first kappa shape index (κ1) is 9.75. The Balaban J connectivity index is 2.18. The monoisotopic (exact) mass is 192 g/mol. The van der Waals surface area contributed by atoms with Crippen molar-refractivity contribution in [3.05, 3.63) is 0 Å². The second kappa shape index (κ2) is 5.33. The minimum absolute atomic E-state index is 0.0969. The fraction of sp³-hybridized carbons (Fsp3) is 1.00. The highest BCUT2D eigenvalue weighted by atomic mass is 32.2. The van der Waals surface area contributed by atoms with E-state index in [1.807, 2.05) is 11.8 Å². The van der Waals surface area contributed by atoms with Gasteiger partial charge in [0, 0.05) is 16.8 Å². The van der Waals surface area contributed by atoms with E-state index in [0.29, 0.717) is 5.25 Å². The lowest BCUT2D eigenvalue weighted by Crippen LogP contribution is -2.25. The van der Waals surface area contributed by atoms with Crippen LogP contribution in [0.1, 0.15) is 26.2 Å². The Morgan fingerprint density at radius 2 is 2.09 bits per heavy atom. The zero-order valence-electron chi connectivity index (χ0n) is 6.95. The summed E-state index contributed by atoms with van der Waals surface area (Å²) in [4.78, 5) is 0. The SMILES string of the molecule is CCCCC1SCCSC1O. The molecule has 2 unspecified atom stereocenters. The van der Waals surface area contributed by atoms with Crippen molar-refractivity contribution >= 4 is 23.5 Å². The van der Waals surface area contributed by atoms with Gasteiger partial charge in [-0.25, -0.2) is 0 Å². The van der Waals surface area contributed by atoms with Crippen molar-refractivity contribution in [2.75, 3.05) is 11.5 Å². The summed E-state index contributed by atoms with van der Waals surface area (Å²) >= 11 is 3.65. The van der Waals surface area contributed by atoms with Crippen LogP contribution < -0.4 is 0 Å². The van der Waals surface area contributed by atoms with Crippen LogP contribution in [0, 0.1) is 0 Å². The van der Waals surface area contributed by atoms with Gasteiger partial charge >= 0.3 is 0 Å². The first-order valence-corrected chi connectivity index (χ1v) is 6.35. The van der Waals surface area contributed by atoms with E-state index in [1.54, 1.807) is 11.8 Å². The zero-order valence-corrected chi connectivity index (χ0v) is 8.59. The summed E-state index contributed by atoms with van der Waals surface area (Å²) in [7, 11) is 0. The van der Waals surface area contributed by atoms with Gasteiger partial charge in [-0.1, -0.05) is 19.8 Å². The highest BCUT2D eigenvalue weighted by Crippen LogP contribution is 2.32. The van der Waals surface area contributed by atoms with Gasteiger partial charge in [0.1, 0.15) is 5.44 Å². The van der Waals surface area contributed by atoms with Crippen molar-refractivity contribution in [2.45, 2.75) is 36.9 Å². The number of unbranched alkanes of at least 4 members (excludes halogenated alkanes) is 1. The maximum Gasteiger partial charge on any atom is 0.111 e. The molecule has 0 amide bonds. The molecular formula is C8H16OS2. The Hall–Kier alpha value is 0.660. The van der Waals surface area contributed by atoms with Gasteiger partial charge in [0.25, 0.3) is 0 Å². The van der Waals surface area contributed by atoms with Crippen LogP contribution in [0.15, 0.2) is 0 Å². The van der Waals surface area contributed by atoms with Crippen LogP contribution in [-0.2, 0) is 0 Å².